The van der Waals surface area contributed by atoms with Crippen molar-refractivity contribution in [2.24, 2.45) is 0 Å². The van der Waals surface area contributed by atoms with Gasteiger partial charge in [0.15, 0.2) is 0 Å². The Balaban J connectivity index is 3.61. The first-order valence-corrected chi connectivity index (χ1v) is 21.9. The van der Waals surface area contributed by atoms with Crippen molar-refractivity contribution in [3.05, 3.63) is 48.6 Å². The van der Waals surface area contributed by atoms with Crippen molar-refractivity contribution >= 4 is 5.91 Å². The molecular formula is C46H85NO3. The largest absolute Gasteiger partial charge is 0.394 e. The van der Waals surface area contributed by atoms with Crippen LogP contribution in [-0.4, -0.2) is 34.9 Å². The lowest BCUT2D eigenvalue weighted by molar-refractivity contribution is -0.123. The number of allylic oxidation sites excluding steroid dienone is 7. The number of unbranched alkanes of at least 4 members (excludes halogenated alkanes) is 26. The highest BCUT2D eigenvalue weighted by molar-refractivity contribution is 5.76. The van der Waals surface area contributed by atoms with Gasteiger partial charge in [0.25, 0.3) is 0 Å². The Hall–Kier alpha value is -1.65. The van der Waals surface area contributed by atoms with Crippen molar-refractivity contribution in [1.82, 2.24) is 5.32 Å². The molecule has 4 nitrogen and oxygen atoms in total. The lowest BCUT2D eigenvalue weighted by atomic mass is 10.0. The van der Waals surface area contributed by atoms with E-state index < -0.39 is 12.1 Å². The van der Waals surface area contributed by atoms with E-state index >= 15 is 0 Å². The number of rotatable bonds is 39. The van der Waals surface area contributed by atoms with Crippen LogP contribution < -0.4 is 5.32 Å². The molecule has 0 aromatic rings. The van der Waals surface area contributed by atoms with Gasteiger partial charge in [-0.2, -0.15) is 0 Å². The van der Waals surface area contributed by atoms with Crippen LogP contribution in [0.1, 0.15) is 219 Å². The number of carbonyl (C=O) groups is 1. The van der Waals surface area contributed by atoms with Crippen molar-refractivity contribution in [2.45, 2.75) is 231 Å². The molecule has 0 aromatic carbocycles. The molecule has 50 heavy (non-hydrogen) atoms. The summed E-state index contributed by atoms with van der Waals surface area (Å²) in [5.41, 5.74) is 0. The zero-order valence-corrected chi connectivity index (χ0v) is 33.4. The van der Waals surface area contributed by atoms with Gasteiger partial charge in [-0.3, -0.25) is 4.79 Å². The van der Waals surface area contributed by atoms with Crippen molar-refractivity contribution in [3.63, 3.8) is 0 Å². The van der Waals surface area contributed by atoms with Gasteiger partial charge in [-0.1, -0.05) is 204 Å². The maximum Gasteiger partial charge on any atom is 0.220 e. The van der Waals surface area contributed by atoms with E-state index in [2.05, 4.69) is 55.6 Å². The number of hydrogen-bond donors (Lipinski definition) is 3. The normalized spacial score (nSPS) is 13.4. The molecule has 4 heteroatoms. The molecule has 2 unspecified atom stereocenters. The highest BCUT2D eigenvalue weighted by atomic mass is 16.3. The van der Waals surface area contributed by atoms with E-state index in [1.165, 1.54) is 148 Å². The van der Waals surface area contributed by atoms with E-state index in [-0.39, 0.29) is 12.5 Å². The second-order valence-electron chi connectivity index (χ2n) is 14.8. The van der Waals surface area contributed by atoms with Crippen molar-refractivity contribution in [2.75, 3.05) is 6.61 Å². The number of nitrogens with one attached hydrogen (secondary N) is 1. The molecule has 0 fully saturated rings. The van der Waals surface area contributed by atoms with Gasteiger partial charge in [-0.15, -0.1) is 0 Å². The Labute approximate surface area is 312 Å². The molecule has 292 valence electrons. The fourth-order valence-corrected chi connectivity index (χ4v) is 6.39. The Morgan fingerprint density at radius 3 is 1.34 bits per heavy atom. The number of aliphatic hydroxyl groups is 2. The van der Waals surface area contributed by atoms with Gasteiger partial charge < -0.3 is 15.5 Å². The highest BCUT2D eigenvalue weighted by Gasteiger charge is 2.17. The monoisotopic (exact) mass is 700 g/mol. The molecule has 0 bridgehead atoms. The van der Waals surface area contributed by atoms with E-state index in [4.69, 9.17) is 0 Å². The third-order valence-electron chi connectivity index (χ3n) is 9.78. The first kappa shape index (κ1) is 48.3. The second kappa shape index (κ2) is 41.8. The van der Waals surface area contributed by atoms with Crippen LogP contribution in [0, 0.1) is 0 Å². The van der Waals surface area contributed by atoms with Gasteiger partial charge in [0.05, 0.1) is 18.8 Å². The number of carbonyl (C=O) groups excluding carboxylic acids is 1. The van der Waals surface area contributed by atoms with Crippen molar-refractivity contribution < 1.29 is 15.0 Å². The molecule has 0 rings (SSSR count). The molecule has 0 spiro atoms. The minimum atomic E-state index is -0.868. The molecule has 0 aliphatic heterocycles. The third kappa shape index (κ3) is 37.6. The van der Waals surface area contributed by atoms with Crippen LogP contribution >= 0.6 is 0 Å². The van der Waals surface area contributed by atoms with E-state index in [0.717, 1.165) is 51.4 Å². The first-order valence-electron chi connectivity index (χ1n) is 21.9. The van der Waals surface area contributed by atoms with Crippen LogP contribution in [0.3, 0.4) is 0 Å². The Bertz CT molecular complexity index is 801. The quantitative estimate of drug-likeness (QED) is 0.0442. The average Bonchev–Trinajstić information content (AvgIpc) is 3.12. The summed E-state index contributed by atoms with van der Waals surface area (Å²) in [6, 6.07) is -0.646. The summed E-state index contributed by atoms with van der Waals surface area (Å²) in [5.74, 6) is -0.0889. The molecule has 2 atom stereocenters. The standard InChI is InChI=1S/C46H85NO3/c1-3-5-7-9-11-13-15-17-19-20-21-22-23-24-25-26-27-28-29-31-33-35-37-39-41-45(49)44(43-48)47-46(50)42-40-38-36-34-32-30-18-16-14-12-10-8-6-4-2/h10,12,16,18,31,33,39,41,44-45,48-49H,3-9,11,13-15,17,19-30,32,34-38,40,42-43H2,1-2H3,(H,47,50)/b12-10-,18-16-,33-31+,41-39+. The zero-order chi connectivity index (χ0) is 36.4. The molecule has 0 heterocycles. The van der Waals surface area contributed by atoms with Crippen LogP contribution in [0.2, 0.25) is 0 Å². The van der Waals surface area contributed by atoms with Gasteiger partial charge in [0.1, 0.15) is 0 Å². The van der Waals surface area contributed by atoms with Crippen LogP contribution in [0.5, 0.6) is 0 Å². The number of amides is 1. The molecule has 3 N–H and O–H groups in total. The van der Waals surface area contributed by atoms with E-state index in [9.17, 15) is 15.0 Å². The molecular weight excluding hydrogens is 615 g/mol. The van der Waals surface area contributed by atoms with Crippen LogP contribution in [0.4, 0.5) is 0 Å². The lowest BCUT2D eigenvalue weighted by Crippen LogP contribution is -2.45. The third-order valence-corrected chi connectivity index (χ3v) is 9.78. The Morgan fingerprint density at radius 1 is 0.480 bits per heavy atom. The SMILES string of the molecule is CCCC/C=C\C/C=C\CCCCCCCC(=O)NC(CO)C(O)/C=C/CC/C=C/CCCCCCCCCCCCCCCCCCCC. The molecule has 0 saturated heterocycles. The van der Waals surface area contributed by atoms with E-state index in [1.807, 2.05) is 6.08 Å². The van der Waals surface area contributed by atoms with Gasteiger partial charge >= 0.3 is 0 Å². The molecule has 0 aliphatic rings. The maximum absolute atomic E-state index is 12.3. The number of aliphatic hydroxyl groups excluding tert-OH is 2. The summed E-state index contributed by atoms with van der Waals surface area (Å²) in [6.07, 6.45) is 56.5. The van der Waals surface area contributed by atoms with Crippen molar-refractivity contribution in [1.29, 1.82) is 0 Å². The van der Waals surface area contributed by atoms with Gasteiger partial charge in [-0.25, -0.2) is 0 Å². The lowest BCUT2D eigenvalue weighted by Gasteiger charge is -2.19. The number of hydrogen-bond acceptors (Lipinski definition) is 3. The predicted octanol–water partition coefficient (Wildman–Crippen LogP) is 13.6. The summed E-state index contributed by atoms with van der Waals surface area (Å²) in [4.78, 5) is 12.3. The molecule has 0 aliphatic carbocycles. The Morgan fingerprint density at radius 2 is 0.860 bits per heavy atom. The minimum Gasteiger partial charge on any atom is -0.394 e. The van der Waals surface area contributed by atoms with Crippen molar-refractivity contribution in [3.8, 4) is 0 Å². The highest BCUT2D eigenvalue weighted by Crippen LogP contribution is 2.15. The van der Waals surface area contributed by atoms with Crippen LogP contribution in [-0.2, 0) is 4.79 Å². The fourth-order valence-electron chi connectivity index (χ4n) is 6.39. The fraction of sp³-hybridized carbons (Fsp3) is 0.804. The summed E-state index contributed by atoms with van der Waals surface area (Å²) >= 11 is 0. The first-order chi connectivity index (χ1) is 24.7. The van der Waals surface area contributed by atoms with Gasteiger partial charge in [0, 0.05) is 6.42 Å². The summed E-state index contributed by atoms with van der Waals surface area (Å²) in [6.45, 7) is 4.25. The molecule has 0 radical (unpaired) electrons. The van der Waals surface area contributed by atoms with Crippen LogP contribution in [0.25, 0.3) is 0 Å². The molecule has 0 saturated carbocycles. The smallest absolute Gasteiger partial charge is 0.220 e. The van der Waals surface area contributed by atoms with Crippen LogP contribution in [0.15, 0.2) is 48.6 Å². The van der Waals surface area contributed by atoms with E-state index in [1.54, 1.807) is 6.08 Å². The topological polar surface area (TPSA) is 69.6 Å². The molecule has 0 aromatic heterocycles. The minimum absolute atomic E-state index is 0.0889. The second-order valence-corrected chi connectivity index (χ2v) is 14.8. The van der Waals surface area contributed by atoms with E-state index in [0.29, 0.717) is 6.42 Å². The van der Waals surface area contributed by atoms with Gasteiger partial charge in [-0.05, 0) is 57.8 Å². The average molecular weight is 700 g/mol. The Kier molecular flexibility index (Phi) is 40.4. The maximum atomic E-state index is 12.3. The summed E-state index contributed by atoms with van der Waals surface area (Å²) < 4.78 is 0. The zero-order valence-electron chi connectivity index (χ0n) is 33.4. The van der Waals surface area contributed by atoms with Gasteiger partial charge in [0.2, 0.25) is 5.91 Å². The summed E-state index contributed by atoms with van der Waals surface area (Å²) in [5, 5.41) is 23.0. The molecule has 1 amide bonds. The summed E-state index contributed by atoms with van der Waals surface area (Å²) in [7, 11) is 0. The predicted molar refractivity (Wildman–Crippen MR) is 221 cm³/mol.